The first-order valence-electron chi connectivity index (χ1n) is 8.25. The fourth-order valence-corrected chi connectivity index (χ4v) is 5.41. The first-order valence-corrected chi connectivity index (χ1v) is 9.69. The predicted molar refractivity (Wildman–Crippen MR) is 94.0 cm³/mol. The normalized spacial score (nSPS) is 20.7. The Kier molecular flexibility index (Phi) is 3.95. The number of aryl methyl sites for hydroxylation is 2. The Balaban J connectivity index is 2.23. The van der Waals surface area contributed by atoms with Gasteiger partial charge in [-0.25, -0.2) is 12.4 Å². The van der Waals surface area contributed by atoms with Crippen LogP contribution in [0.25, 0.3) is 0 Å². The molecule has 128 valence electrons. The second kappa shape index (κ2) is 5.59. The molecule has 1 heterocycles. The summed E-state index contributed by atoms with van der Waals surface area (Å²) in [5.74, 6) is 0.0887. The first kappa shape index (κ1) is 17.0. The van der Waals surface area contributed by atoms with Gasteiger partial charge in [-0.2, -0.15) is 0 Å². The van der Waals surface area contributed by atoms with E-state index in [4.69, 9.17) is 0 Å². The summed E-state index contributed by atoms with van der Waals surface area (Å²) in [6, 6.07) is 8.60. The molecule has 0 amide bonds. The number of carbonyl (C=O) groups excluding carboxylic acids is 1. The van der Waals surface area contributed by atoms with Crippen LogP contribution in [-0.4, -0.2) is 18.2 Å². The summed E-state index contributed by atoms with van der Waals surface area (Å²) >= 11 is 0. The lowest BCUT2D eigenvalue weighted by Gasteiger charge is -2.19. The molecule has 4 nitrogen and oxygen atoms in total. The average Bonchev–Trinajstić information content (AvgIpc) is 2.94. The second-order valence-corrected chi connectivity index (χ2v) is 8.88. The lowest BCUT2D eigenvalue weighted by atomic mass is 9.84. The van der Waals surface area contributed by atoms with Gasteiger partial charge in [0.05, 0.1) is 4.90 Å². The van der Waals surface area contributed by atoms with E-state index in [0.29, 0.717) is 11.4 Å². The highest BCUT2D eigenvalue weighted by Gasteiger charge is 2.43. The molecule has 0 saturated carbocycles. The first-order chi connectivity index (χ1) is 11.2. The zero-order chi connectivity index (χ0) is 17.8. The zero-order valence-electron chi connectivity index (χ0n) is 14.7. The molecule has 1 aromatic heterocycles. The second-order valence-electron chi connectivity index (χ2n) is 7.09. The van der Waals surface area contributed by atoms with Gasteiger partial charge in [-0.1, -0.05) is 38.5 Å². The van der Waals surface area contributed by atoms with Gasteiger partial charge in [-0.05, 0) is 49.4 Å². The Morgan fingerprint density at radius 2 is 1.67 bits per heavy atom. The molecule has 0 saturated heterocycles. The number of rotatable bonds is 3. The molecule has 0 aliphatic heterocycles. The number of fused-ring (bicyclic) bond motifs is 1. The minimum absolute atomic E-state index is 0.0701. The van der Waals surface area contributed by atoms with E-state index in [1.807, 2.05) is 19.9 Å². The van der Waals surface area contributed by atoms with Gasteiger partial charge >= 0.3 is 0 Å². The van der Waals surface area contributed by atoms with E-state index >= 15 is 0 Å². The summed E-state index contributed by atoms with van der Waals surface area (Å²) in [6.07, 6.45) is 0. The summed E-state index contributed by atoms with van der Waals surface area (Å²) in [4.78, 5) is 13.0. The van der Waals surface area contributed by atoms with Gasteiger partial charge < -0.3 is 0 Å². The van der Waals surface area contributed by atoms with Gasteiger partial charge in [0.2, 0.25) is 0 Å². The summed E-state index contributed by atoms with van der Waals surface area (Å²) in [5.41, 5.74) is 2.80. The molecular formula is C19H23NO3S. The van der Waals surface area contributed by atoms with Crippen molar-refractivity contribution >= 4 is 15.8 Å². The monoisotopic (exact) mass is 345 g/mol. The van der Waals surface area contributed by atoms with Crippen molar-refractivity contribution in [1.29, 1.82) is 0 Å². The molecule has 0 fully saturated rings. The predicted octanol–water partition coefficient (Wildman–Crippen LogP) is 3.91. The van der Waals surface area contributed by atoms with E-state index < -0.39 is 10.0 Å². The van der Waals surface area contributed by atoms with Crippen LogP contribution >= 0.6 is 0 Å². The van der Waals surface area contributed by atoms with E-state index in [1.165, 1.54) is 3.97 Å². The molecule has 24 heavy (non-hydrogen) atoms. The Morgan fingerprint density at radius 3 is 2.21 bits per heavy atom. The van der Waals surface area contributed by atoms with Crippen LogP contribution in [0.1, 0.15) is 54.0 Å². The Bertz CT molecular complexity index is 905. The number of hydrogen-bond donors (Lipinski definition) is 0. The summed E-state index contributed by atoms with van der Waals surface area (Å²) in [5, 5.41) is 0. The van der Waals surface area contributed by atoms with Gasteiger partial charge in [0, 0.05) is 11.6 Å². The fraction of sp³-hybridized carbons (Fsp3) is 0.421. The van der Waals surface area contributed by atoms with Crippen molar-refractivity contribution in [2.45, 2.75) is 45.4 Å². The molecule has 5 heteroatoms. The fourth-order valence-electron chi connectivity index (χ4n) is 3.85. The van der Waals surface area contributed by atoms with Crippen molar-refractivity contribution in [2.24, 2.45) is 11.8 Å². The third-order valence-corrected chi connectivity index (χ3v) is 6.80. The zero-order valence-corrected chi connectivity index (χ0v) is 15.5. The van der Waals surface area contributed by atoms with Crippen LogP contribution in [0.3, 0.4) is 0 Å². The highest BCUT2D eigenvalue weighted by atomic mass is 32.2. The van der Waals surface area contributed by atoms with Crippen LogP contribution in [0, 0.1) is 25.7 Å². The topological polar surface area (TPSA) is 56.1 Å². The number of nitrogens with zero attached hydrogens (tertiary/aromatic N) is 1. The molecule has 0 spiro atoms. The Labute approximate surface area is 143 Å². The Hall–Kier alpha value is -1.88. The summed E-state index contributed by atoms with van der Waals surface area (Å²) in [6.45, 7) is 9.70. The quantitative estimate of drug-likeness (QED) is 0.847. The molecule has 0 unspecified atom stereocenters. The lowest BCUT2D eigenvalue weighted by molar-refractivity contribution is 0.0918. The van der Waals surface area contributed by atoms with E-state index in [-0.39, 0.29) is 28.4 Å². The van der Waals surface area contributed by atoms with E-state index in [2.05, 4.69) is 13.8 Å². The van der Waals surface area contributed by atoms with Crippen LogP contribution in [0.5, 0.6) is 0 Å². The summed E-state index contributed by atoms with van der Waals surface area (Å²) < 4.78 is 27.5. The number of benzene rings is 1. The van der Waals surface area contributed by atoms with Crippen LogP contribution in [-0.2, 0) is 10.0 Å². The van der Waals surface area contributed by atoms with E-state index in [1.54, 1.807) is 31.2 Å². The molecule has 0 bridgehead atoms. The number of aromatic nitrogens is 1. The van der Waals surface area contributed by atoms with Gasteiger partial charge in [-0.15, -0.1) is 0 Å². The van der Waals surface area contributed by atoms with Crippen LogP contribution in [0.4, 0.5) is 0 Å². The minimum Gasteiger partial charge on any atom is -0.292 e. The van der Waals surface area contributed by atoms with Crippen molar-refractivity contribution in [3.05, 3.63) is 52.8 Å². The van der Waals surface area contributed by atoms with Crippen LogP contribution < -0.4 is 0 Å². The molecule has 0 radical (unpaired) electrons. The van der Waals surface area contributed by atoms with Crippen molar-refractivity contribution in [1.82, 2.24) is 3.97 Å². The van der Waals surface area contributed by atoms with Gasteiger partial charge in [-0.3, -0.25) is 4.79 Å². The number of carbonyl (C=O) groups is 1. The number of Topliss-reactive ketones (excluding diaryl/α,β-unsaturated/α-hetero) is 1. The smallest absolute Gasteiger partial charge is 0.268 e. The highest BCUT2D eigenvalue weighted by Crippen LogP contribution is 2.44. The molecule has 1 aromatic carbocycles. The van der Waals surface area contributed by atoms with Crippen molar-refractivity contribution in [3.63, 3.8) is 0 Å². The molecule has 3 rings (SSSR count). The maximum atomic E-state index is 13.1. The third kappa shape index (κ3) is 2.34. The maximum absolute atomic E-state index is 13.1. The molecule has 1 aliphatic carbocycles. The molecular weight excluding hydrogens is 322 g/mol. The lowest BCUT2D eigenvalue weighted by Crippen LogP contribution is -2.21. The molecule has 2 aromatic rings. The molecule has 1 aliphatic rings. The largest absolute Gasteiger partial charge is 0.292 e. The van der Waals surface area contributed by atoms with Crippen LogP contribution in [0.15, 0.2) is 35.2 Å². The van der Waals surface area contributed by atoms with Crippen molar-refractivity contribution < 1.29 is 13.2 Å². The van der Waals surface area contributed by atoms with Gasteiger partial charge in [0.15, 0.2) is 5.78 Å². The minimum atomic E-state index is -3.78. The number of hydrogen-bond acceptors (Lipinski definition) is 3. The van der Waals surface area contributed by atoms with E-state index in [9.17, 15) is 13.2 Å². The number of ketones is 1. The molecule has 2 atom stereocenters. The Morgan fingerprint density at radius 1 is 1.08 bits per heavy atom. The van der Waals surface area contributed by atoms with E-state index in [0.717, 1.165) is 11.1 Å². The molecule has 0 N–H and O–H groups in total. The third-order valence-electron chi connectivity index (χ3n) is 4.98. The SMILES string of the molecule is Cc1ccc(S(=O)(=O)n2c(C)cc3c2C(=O)[C@@H](C)[C@H]3C(C)C)cc1. The van der Waals surface area contributed by atoms with Gasteiger partial charge in [0.25, 0.3) is 10.0 Å². The summed E-state index contributed by atoms with van der Waals surface area (Å²) in [7, 11) is -3.78. The standard InChI is InChI=1S/C19H23NO3S/c1-11(2)17-14(5)19(21)18-16(17)10-13(4)20(18)24(22,23)15-8-6-12(3)7-9-15/h6-11,14,17H,1-5H3/t14-,17+/m0/s1. The highest BCUT2D eigenvalue weighted by molar-refractivity contribution is 7.90. The van der Waals surface area contributed by atoms with Crippen molar-refractivity contribution in [3.8, 4) is 0 Å². The van der Waals surface area contributed by atoms with Gasteiger partial charge in [0.1, 0.15) is 5.69 Å². The maximum Gasteiger partial charge on any atom is 0.268 e. The average molecular weight is 345 g/mol. The van der Waals surface area contributed by atoms with Crippen LogP contribution in [0.2, 0.25) is 0 Å². The van der Waals surface area contributed by atoms with Crippen molar-refractivity contribution in [2.75, 3.05) is 0 Å².